The van der Waals surface area contributed by atoms with Crippen LogP contribution in [0.4, 0.5) is 0 Å². The Morgan fingerprint density at radius 1 is 0.418 bits per heavy atom. The summed E-state index contributed by atoms with van der Waals surface area (Å²) >= 11 is 0. The Balaban J connectivity index is 1.47. The van der Waals surface area contributed by atoms with Gasteiger partial charge in [-0.3, -0.25) is 0 Å². The van der Waals surface area contributed by atoms with Crippen LogP contribution in [-0.2, 0) is 61.8 Å². The Bertz CT molecular complexity index is 1330. The number of carbonyl (C=O) groups is 4. The van der Waals surface area contributed by atoms with E-state index in [9.17, 15) is 85.6 Å². The lowest BCUT2D eigenvalue weighted by Gasteiger charge is -2.47. The van der Waals surface area contributed by atoms with Crippen molar-refractivity contribution in [3.63, 3.8) is 0 Å². The van der Waals surface area contributed by atoms with Gasteiger partial charge in [0.05, 0.1) is 19.8 Å². The molecule has 316 valence electrons. The molecule has 0 saturated carbocycles. The van der Waals surface area contributed by atoms with E-state index in [1.165, 1.54) is 0 Å². The first-order chi connectivity index (χ1) is 25.8. The number of rotatable bonds is 16. The first-order valence-corrected chi connectivity index (χ1v) is 16.3. The first-order valence-electron chi connectivity index (χ1n) is 16.3. The van der Waals surface area contributed by atoms with Crippen molar-refractivity contribution in [2.24, 2.45) is 5.73 Å². The molecule has 15 N–H and O–H groups in total. The van der Waals surface area contributed by atoms with Gasteiger partial charge in [0.15, 0.2) is 49.6 Å². The molecule has 27 nitrogen and oxygen atoms in total. The lowest BCUT2D eigenvalue weighted by molar-refractivity contribution is -0.379. The van der Waals surface area contributed by atoms with Crippen molar-refractivity contribution in [3.05, 3.63) is 0 Å². The number of carboxylic acid groups (broad SMARTS) is 4. The van der Waals surface area contributed by atoms with Crippen LogP contribution >= 0.6 is 0 Å². The highest BCUT2D eigenvalue weighted by Crippen LogP contribution is 2.34. The average Bonchev–Trinajstić information content (AvgIpc) is 3.12. The maximum atomic E-state index is 12.3. The van der Waals surface area contributed by atoms with Gasteiger partial charge >= 0.3 is 23.9 Å². The predicted octanol–water partition coefficient (Wildman–Crippen LogP) is -9.38. The smallest absolute Gasteiger partial charge is 0.335 e. The second-order valence-corrected chi connectivity index (χ2v) is 12.5. The van der Waals surface area contributed by atoms with Crippen molar-refractivity contribution >= 4 is 23.9 Å². The number of ether oxygens (including phenoxy) is 9. The lowest BCUT2D eigenvalue weighted by atomic mass is 9.95. The third-order valence-electron chi connectivity index (χ3n) is 8.82. The zero-order valence-corrected chi connectivity index (χ0v) is 28.1. The minimum absolute atomic E-state index is 0.0596. The van der Waals surface area contributed by atoms with Crippen LogP contribution in [0.2, 0.25) is 0 Å². The average molecular weight is 810 g/mol. The van der Waals surface area contributed by atoms with Gasteiger partial charge in [-0.1, -0.05) is 0 Å². The van der Waals surface area contributed by atoms with Crippen LogP contribution in [0.1, 0.15) is 0 Å². The molecule has 0 aliphatic carbocycles. The molecule has 4 fully saturated rings. The minimum Gasteiger partial charge on any atom is -0.479 e. The molecule has 27 heteroatoms. The van der Waals surface area contributed by atoms with Gasteiger partial charge in [0, 0.05) is 6.54 Å². The van der Waals surface area contributed by atoms with E-state index in [0.29, 0.717) is 0 Å². The minimum atomic E-state index is -2.43. The number of aliphatic carboxylic acids is 4. The molecule has 4 rings (SSSR count). The maximum absolute atomic E-state index is 12.3. The molecule has 0 unspecified atom stereocenters. The number of nitrogens with two attached hydrogens (primary N) is 1. The van der Waals surface area contributed by atoms with Crippen LogP contribution in [0.3, 0.4) is 0 Å². The Morgan fingerprint density at radius 2 is 0.745 bits per heavy atom. The summed E-state index contributed by atoms with van der Waals surface area (Å²) in [6, 6.07) is 0. The van der Waals surface area contributed by atoms with E-state index in [0.717, 1.165) is 0 Å². The van der Waals surface area contributed by atoms with Gasteiger partial charge in [0.25, 0.3) is 0 Å². The lowest BCUT2D eigenvalue weighted by Crippen LogP contribution is -2.68. The van der Waals surface area contributed by atoms with Gasteiger partial charge < -0.3 is 115 Å². The summed E-state index contributed by atoms with van der Waals surface area (Å²) < 4.78 is 46.7. The monoisotopic (exact) mass is 809 g/mol. The van der Waals surface area contributed by atoms with Gasteiger partial charge in [0.2, 0.25) is 0 Å². The fourth-order valence-corrected chi connectivity index (χ4v) is 5.96. The van der Waals surface area contributed by atoms with Crippen molar-refractivity contribution in [3.8, 4) is 0 Å². The van der Waals surface area contributed by atoms with Gasteiger partial charge in [-0.2, -0.15) is 0 Å². The van der Waals surface area contributed by atoms with Crippen LogP contribution in [0.5, 0.6) is 0 Å². The van der Waals surface area contributed by atoms with Crippen molar-refractivity contribution in [2.75, 3.05) is 26.4 Å². The van der Waals surface area contributed by atoms with E-state index in [2.05, 4.69) is 0 Å². The molecular formula is C28H43NO26. The highest BCUT2D eigenvalue weighted by Gasteiger charge is 2.58. The predicted molar refractivity (Wildman–Crippen MR) is 160 cm³/mol. The molecule has 20 atom stereocenters. The zero-order valence-electron chi connectivity index (χ0n) is 28.1. The van der Waals surface area contributed by atoms with Gasteiger partial charge in [-0.25, -0.2) is 19.2 Å². The molecule has 0 spiro atoms. The first kappa shape index (κ1) is 44.8. The molecule has 0 aromatic heterocycles. The van der Waals surface area contributed by atoms with Gasteiger partial charge in [-0.05, 0) is 0 Å². The number of carboxylic acids is 4. The third kappa shape index (κ3) is 9.81. The van der Waals surface area contributed by atoms with E-state index < -0.39 is 147 Å². The normalized spacial score (nSPS) is 45.1. The van der Waals surface area contributed by atoms with Crippen molar-refractivity contribution in [1.82, 2.24) is 0 Å². The molecule has 55 heavy (non-hydrogen) atoms. The van der Waals surface area contributed by atoms with Gasteiger partial charge in [-0.15, -0.1) is 0 Å². The van der Waals surface area contributed by atoms with Crippen molar-refractivity contribution < 1.29 is 128 Å². The van der Waals surface area contributed by atoms with Crippen LogP contribution in [0.25, 0.3) is 0 Å². The quantitative estimate of drug-likeness (QED) is 0.0644. The largest absolute Gasteiger partial charge is 0.479 e. The highest BCUT2D eigenvalue weighted by molar-refractivity contribution is 5.75. The number of hydrogen-bond acceptors (Lipinski definition) is 23. The SMILES string of the molecule is NCCOCCO[C@@H]1O[C@@H](C(=O)O)[C@@H](O[C@@H]2O[C@@H](C(=O)O)[C@@H](O[C@@H]3O[C@@H](C(=O)O)[C@@H](O[C@@H]4O[C@@H](C(=O)O)[C@@H](O)[C@H](O)[C@H]4O)[C@H](O)[C@H]3O)[C@H](O)[C@H]2O)[C@H](O)[C@H]1O. The fraction of sp³-hybridized carbons (Fsp3) is 0.857. The van der Waals surface area contributed by atoms with Crippen LogP contribution in [-0.4, -0.2) is 239 Å². The molecule has 0 amide bonds. The molecule has 4 aliphatic rings. The Hall–Kier alpha value is -2.88. The Labute approximate surface area is 307 Å². The van der Waals surface area contributed by atoms with Gasteiger partial charge in [0.1, 0.15) is 73.2 Å². The Morgan fingerprint density at radius 3 is 1.11 bits per heavy atom. The van der Waals surface area contributed by atoms with Crippen LogP contribution < -0.4 is 5.73 Å². The summed E-state index contributed by atoms with van der Waals surface area (Å²) in [6.07, 6.45) is -45.1. The molecule has 4 aliphatic heterocycles. The molecule has 4 saturated heterocycles. The summed E-state index contributed by atoms with van der Waals surface area (Å²) in [4.78, 5) is 47.9. The number of aliphatic hydroxyl groups is 9. The molecule has 0 radical (unpaired) electrons. The Kier molecular flexibility index (Phi) is 15.5. The van der Waals surface area contributed by atoms with E-state index in [4.69, 9.17) is 48.4 Å². The van der Waals surface area contributed by atoms with E-state index in [-0.39, 0.29) is 26.4 Å². The van der Waals surface area contributed by atoms with E-state index >= 15 is 0 Å². The molecule has 0 aromatic carbocycles. The summed E-state index contributed by atoms with van der Waals surface area (Å²) in [5.74, 6) is -7.56. The zero-order chi connectivity index (χ0) is 41.0. The molecule has 0 aromatic rings. The fourth-order valence-electron chi connectivity index (χ4n) is 5.96. The topological polar surface area (TPSA) is 440 Å². The molecule has 4 heterocycles. The number of aliphatic hydroxyl groups excluding tert-OH is 9. The highest BCUT2D eigenvalue weighted by atomic mass is 16.8. The van der Waals surface area contributed by atoms with E-state index in [1.807, 2.05) is 0 Å². The molecule has 0 bridgehead atoms. The van der Waals surface area contributed by atoms with Crippen LogP contribution in [0.15, 0.2) is 0 Å². The summed E-state index contributed by atoms with van der Waals surface area (Å²) in [5, 5.41) is 134. The summed E-state index contributed by atoms with van der Waals surface area (Å²) in [7, 11) is 0. The second kappa shape index (κ2) is 19.0. The van der Waals surface area contributed by atoms with Crippen molar-refractivity contribution in [1.29, 1.82) is 0 Å². The summed E-state index contributed by atoms with van der Waals surface area (Å²) in [5.41, 5.74) is 5.30. The molecular weight excluding hydrogens is 766 g/mol. The van der Waals surface area contributed by atoms with Crippen LogP contribution in [0, 0.1) is 0 Å². The second-order valence-electron chi connectivity index (χ2n) is 12.5. The number of hydrogen-bond donors (Lipinski definition) is 14. The van der Waals surface area contributed by atoms with Crippen molar-refractivity contribution in [2.45, 2.75) is 123 Å². The van der Waals surface area contributed by atoms with E-state index in [1.54, 1.807) is 0 Å². The third-order valence-corrected chi connectivity index (χ3v) is 8.82. The standard InChI is InChI=1S/C28H43NO26/c29-1-2-47-3-4-48-25-11(36)7(32)14(18(53-25)22(41)42)50-27-13(38)9(34)16(20(55-27)24(45)46)51-28-12(37)8(33)15(19(54-28)23(43)44)49-26-10(35)5(30)6(31)17(52-26)21(39)40/h5-20,25-28,30-38H,1-4,29H2,(H,39,40)(H,41,42)(H,43,44)(H,45,46)/t5-,6-,7+,8+,9+,10+,11+,12+,13+,14-,15-,16-,17+,18+,19+,20+,25+,26+,27+,28+/m0/s1. The summed E-state index contributed by atoms with van der Waals surface area (Å²) in [6.45, 7) is 0.0303. The maximum Gasteiger partial charge on any atom is 0.335 e.